The number of likely N-dealkylation sites (tertiary alicyclic amines) is 1. The normalized spacial score (nSPS) is 19.9. The number of benzene rings is 1. The number of aromatic hydroxyl groups is 1. The van der Waals surface area contributed by atoms with Gasteiger partial charge in [0.2, 0.25) is 11.7 Å². The number of likely N-dealkylation sites (N-methyl/N-ethyl adjacent to an activating group) is 1. The van der Waals surface area contributed by atoms with Gasteiger partial charge >= 0.3 is 0 Å². The summed E-state index contributed by atoms with van der Waals surface area (Å²) in [6.45, 7) is 6.18. The smallest absolute Gasteiger partial charge is 0.225 e. The molecule has 2 aliphatic rings. The molecule has 1 aromatic rings. The molecule has 3 rings (SSSR count). The number of rotatable bonds is 5. The van der Waals surface area contributed by atoms with Crippen molar-refractivity contribution in [3.8, 4) is 17.2 Å². The molecule has 1 N–H and O–H groups in total. The van der Waals surface area contributed by atoms with E-state index in [4.69, 9.17) is 9.47 Å². The van der Waals surface area contributed by atoms with Crippen LogP contribution in [0.3, 0.4) is 0 Å². The molecule has 0 aromatic heterocycles. The standard InChI is InChI=1S/C20H31N3O4/c1-21-8-10-23(11-9-21)20(25)16-4-6-22(7-5-16)14-15-12-17(26-2)19(24)18(13-15)27-3/h12-13,16,24H,4-11,14H2,1-3H3. The van der Waals surface area contributed by atoms with Crippen molar-refractivity contribution in [3.63, 3.8) is 0 Å². The third-order valence-electron chi connectivity index (χ3n) is 5.70. The average Bonchev–Trinajstić information content (AvgIpc) is 2.69. The lowest BCUT2D eigenvalue weighted by molar-refractivity contribution is -0.138. The number of methoxy groups -OCH3 is 2. The SMILES string of the molecule is COc1cc(CN2CCC(C(=O)N3CCN(C)CC3)CC2)cc(OC)c1O. The Morgan fingerprint density at radius 2 is 1.59 bits per heavy atom. The maximum Gasteiger partial charge on any atom is 0.225 e. The first-order chi connectivity index (χ1) is 13.0. The molecule has 0 aliphatic carbocycles. The number of ether oxygens (including phenoxy) is 2. The van der Waals surface area contributed by atoms with E-state index in [1.54, 1.807) is 0 Å². The second kappa shape index (κ2) is 8.80. The molecular formula is C20H31N3O4. The van der Waals surface area contributed by atoms with Gasteiger partial charge in [0.1, 0.15) is 0 Å². The lowest BCUT2D eigenvalue weighted by atomic mass is 9.94. The van der Waals surface area contributed by atoms with Crippen LogP contribution < -0.4 is 9.47 Å². The summed E-state index contributed by atoms with van der Waals surface area (Å²) in [5, 5.41) is 10.0. The molecule has 2 heterocycles. The second-order valence-electron chi connectivity index (χ2n) is 7.53. The van der Waals surface area contributed by atoms with Crippen LogP contribution in [-0.2, 0) is 11.3 Å². The van der Waals surface area contributed by atoms with Gasteiger partial charge in [-0.25, -0.2) is 0 Å². The Labute approximate surface area is 161 Å². The Kier molecular flexibility index (Phi) is 6.44. The number of nitrogens with zero attached hydrogens (tertiary/aromatic N) is 3. The van der Waals surface area contributed by atoms with Crippen LogP contribution in [-0.4, -0.2) is 86.2 Å². The summed E-state index contributed by atoms with van der Waals surface area (Å²) in [6.07, 6.45) is 1.80. The van der Waals surface area contributed by atoms with Crippen LogP contribution in [0.15, 0.2) is 12.1 Å². The first kappa shape index (κ1) is 19.8. The molecule has 1 amide bonds. The second-order valence-corrected chi connectivity index (χ2v) is 7.53. The van der Waals surface area contributed by atoms with E-state index in [0.29, 0.717) is 17.4 Å². The summed E-state index contributed by atoms with van der Waals surface area (Å²) in [5.41, 5.74) is 1.03. The summed E-state index contributed by atoms with van der Waals surface area (Å²) in [5.74, 6) is 1.35. The van der Waals surface area contributed by atoms with Crippen molar-refractivity contribution >= 4 is 5.91 Å². The molecule has 27 heavy (non-hydrogen) atoms. The fourth-order valence-corrected chi connectivity index (χ4v) is 3.92. The third-order valence-corrected chi connectivity index (χ3v) is 5.70. The van der Waals surface area contributed by atoms with Gasteiger partial charge < -0.3 is 24.4 Å². The Morgan fingerprint density at radius 3 is 2.11 bits per heavy atom. The van der Waals surface area contributed by atoms with E-state index in [9.17, 15) is 9.90 Å². The maximum atomic E-state index is 12.8. The Hall–Kier alpha value is -1.99. The molecule has 0 bridgehead atoms. The van der Waals surface area contributed by atoms with Crippen molar-refractivity contribution < 1.29 is 19.4 Å². The summed E-state index contributed by atoms with van der Waals surface area (Å²) >= 11 is 0. The van der Waals surface area contributed by atoms with Gasteiger partial charge in [0.25, 0.3) is 0 Å². The minimum atomic E-state index is 0.0280. The molecule has 7 nitrogen and oxygen atoms in total. The number of phenolic OH excluding ortho intramolecular Hbond substituents is 1. The zero-order chi connectivity index (χ0) is 19.4. The van der Waals surface area contributed by atoms with Crippen LogP contribution in [0.4, 0.5) is 0 Å². The van der Waals surface area contributed by atoms with Gasteiger partial charge in [-0.1, -0.05) is 0 Å². The lowest BCUT2D eigenvalue weighted by Gasteiger charge is -2.37. The average molecular weight is 377 g/mol. The van der Waals surface area contributed by atoms with E-state index in [-0.39, 0.29) is 11.7 Å². The van der Waals surface area contributed by atoms with Crippen LogP contribution in [0.25, 0.3) is 0 Å². The highest BCUT2D eigenvalue weighted by molar-refractivity contribution is 5.79. The van der Waals surface area contributed by atoms with Gasteiger partial charge in [-0.3, -0.25) is 9.69 Å². The molecule has 7 heteroatoms. The maximum absolute atomic E-state index is 12.8. The molecule has 2 fully saturated rings. The summed E-state index contributed by atoms with van der Waals surface area (Å²) in [4.78, 5) is 19.4. The Morgan fingerprint density at radius 1 is 1.04 bits per heavy atom. The van der Waals surface area contributed by atoms with Crippen molar-refractivity contribution in [3.05, 3.63) is 17.7 Å². The van der Waals surface area contributed by atoms with E-state index >= 15 is 0 Å². The number of piperazine rings is 1. The van der Waals surface area contributed by atoms with Gasteiger partial charge in [0.15, 0.2) is 11.5 Å². The highest BCUT2D eigenvalue weighted by Crippen LogP contribution is 2.37. The van der Waals surface area contributed by atoms with Gasteiger partial charge in [-0.2, -0.15) is 0 Å². The number of hydrogen-bond acceptors (Lipinski definition) is 6. The topological polar surface area (TPSA) is 65.5 Å². The monoisotopic (exact) mass is 377 g/mol. The highest BCUT2D eigenvalue weighted by Gasteiger charge is 2.30. The molecule has 0 radical (unpaired) electrons. The Bertz CT molecular complexity index is 626. The summed E-state index contributed by atoms with van der Waals surface area (Å²) < 4.78 is 10.5. The van der Waals surface area contributed by atoms with E-state index in [2.05, 4.69) is 16.8 Å². The van der Waals surface area contributed by atoms with Crippen molar-refractivity contribution in [1.82, 2.24) is 14.7 Å². The first-order valence-electron chi connectivity index (χ1n) is 9.65. The number of hydrogen-bond donors (Lipinski definition) is 1. The predicted molar refractivity (Wildman–Crippen MR) is 103 cm³/mol. The minimum Gasteiger partial charge on any atom is -0.502 e. The van der Waals surface area contributed by atoms with E-state index in [0.717, 1.165) is 64.2 Å². The molecule has 1 aromatic carbocycles. The summed E-state index contributed by atoms with van der Waals surface area (Å²) in [6, 6.07) is 3.69. The number of carbonyl (C=O) groups excluding carboxylic acids is 1. The number of amides is 1. The van der Waals surface area contributed by atoms with E-state index in [1.807, 2.05) is 17.0 Å². The van der Waals surface area contributed by atoms with Crippen molar-refractivity contribution in [1.29, 1.82) is 0 Å². The molecule has 0 spiro atoms. The van der Waals surface area contributed by atoms with Crippen molar-refractivity contribution in [2.75, 3.05) is 60.5 Å². The zero-order valence-corrected chi connectivity index (χ0v) is 16.6. The van der Waals surface area contributed by atoms with Crippen LogP contribution in [0.5, 0.6) is 17.2 Å². The fourth-order valence-electron chi connectivity index (χ4n) is 3.92. The van der Waals surface area contributed by atoms with Crippen molar-refractivity contribution in [2.24, 2.45) is 5.92 Å². The van der Waals surface area contributed by atoms with Crippen LogP contribution >= 0.6 is 0 Å². The van der Waals surface area contributed by atoms with E-state index in [1.165, 1.54) is 14.2 Å². The molecule has 0 atom stereocenters. The molecule has 150 valence electrons. The molecule has 0 unspecified atom stereocenters. The van der Waals surface area contributed by atoms with Gasteiger partial charge in [0.05, 0.1) is 14.2 Å². The number of carbonyl (C=O) groups is 1. The quantitative estimate of drug-likeness (QED) is 0.837. The number of phenols is 1. The third kappa shape index (κ3) is 4.65. The van der Waals surface area contributed by atoms with Crippen LogP contribution in [0, 0.1) is 5.92 Å². The van der Waals surface area contributed by atoms with Crippen molar-refractivity contribution in [2.45, 2.75) is 19.4 Å². The van der Waals surface area contributed by atoms with Crippen LogP contribution in [0.2, 0.25) is 0 Å². The molecule has 0 saturated carbocycles. The summed E-state index contributed by atoms with van der Waals surface area (Å²) in [7, 11) is 5.18. The largest absolute Gasteiger partial charge is 0.502 e. The van der Waals surface area contributed by atoms with Crippen LogP contribution in [0.1, 0.15) is 18.4 Å². The highest BCUT2D eigenvalue weighted by atomic mass is 16.5. The Balaban J connectivity index is 1.54. The number of piperidine rings is 1. The first-order valence-corrected chi connectivity index (χ1v) is 9.65. The lowest BCUT2D eigenvalue weighted by Crippen LogP contribution is -2.50. The van der Waals surface area contributed by atoms with Gasteiger partial charge in [0, 0.05) is 38.6 Å². The molecule has 2 aliphatic heterocycles. The molecule has 2 saturated heterocycles. The molecular weight excluding hydrogens is 346 g/mol. The fraction of sp³-hybridized carbons (Fsp3) is 0.650. The van der Waals surface area contributed by atoms with Gasteiger partial charge in [-0.05, 0) is 50.7 Å². The predicted octanol–water partition coefficient (Wildman–Crippen LogP) is 1.40. The minimum absolute atomic E-state index is 0.0280. The zero-order valence-electron chi connectivity index (χ0n) is 16.6. The van der Waals surface area contributed by atoms with Gasteiger partial charge in [-0.15, -0.1) is 0 Å². The van der Waals surface area contributed by atoms with E-state index < -0.39 is 0 Å².